The number of rotatable bonds is 7. The Kier molecular flexibility index (Phi) is 11.2. The van der Waals surface area contributed by atoms with Crippen molar-refractivity contribution in [3.8, 4) is 5.75 Å². The standard InChI is InChI=1S/C15H20FN5O3S.C10H11FO2.C2H6/c1-3-19(2)25(23,24)18-15(22)13-8-17-14-5-4-12(10-21(13)14)20-7-6-11(16)9-20;11-8-1-3-9(4-2-8)13-10-5-6-12-7-10;1-2/h4-5,8,10-11H,3,6-7,9H2,1-2H3,(H,18,22);1-4,10H,5-7H2;1-2H3. The van der Waals surface area contributed by atoms with Crippen LogP contribution in [0.5, 0.6) is 5.75 Å². The van der Waals surface area contributed by atoms with E-state index in [2.05, 4.69) is 4.98 Å². The van der Waals surface area contributed by atoms with E-state index < -0.39 is 22.3 Å². The fraction of sp³-hybridized carbons (Fsp3) is 0.481. The summed E-state index contributed by atoms with van der Waals surface area (Å²) in [7, 11) is -2.53. The third-order valence-electron chi connectivity index (χ3n) is 6.30. The Balaban J connectivity index is 0.000000246. The molecule has 0 aliphatic carbocycles. The van der Waals surface area contributed by atoms with Crippen molar-refractivity contribution in [3.63, 3.8) is 0 Å². The maximum atomic E-state index is 13.4. The van der Waals surface area contributed by atoms with Crippen LogP contribution in [0.15, 0.2) is 48.8 Å². The third-order valence-corrected chi connectivity index (χ3v) is 7.82. The number of anilines is 1. The number of nitrogens with one attached hydrogen (secondary N) is 1. The van der Waals surface area contributed by atoms with E-state index in [0.717, 1.165) is 23.0 Å². The van der Waals surface area contributed by atoms with Gasteiger partial charge < -0.3 is 14.4 Å². The van der Waals surface area contributed by atoms with E-state index in [1.807, 2.05) is 29.5 Å². The highest BCUT2D eigenvalue weighted by Crippen LogP contribution is 2.23. The van der Waals surface area contributed by atoms with Crippen molar-refractivity contribution < 1.29 is 31.5 Å². The van der Waals surface area contributed by atoms with Gasteiger partial charge in [-0.15, -0.1) is 0 Å². The van der Waals surface area contributed by atoms with E-state index in [1.165, 1.54) is 29.8 Å². The van der Waals surface area contributed by atoms with Gasteiger partial charge in [0.25, 0.3) is 5.91 Å². The van der Waals surface area contributed by atoms with Crippen molar-refractivity contribution in [3.05, 3.63) is 60.3 Å². The molecule has 2 atom stereocenters. The first-order chi connectivity index (χ1) is 19.2. The lowest BCUT2D eigenvalue weighted by molar-refractivity contribution is 0.0973. The molecule has 4 heterocycles. The molecule has 1 amide bonds. The number of alkyl halides is 1. The number of aromatic nitrogens is 2. The number of fused-ring (bicyclic) bond motifs is 1. The van der Waals surface area contributed by atoms with Crippen LogP contribution in [0, 0.1) is 5.82 Å². The lowest BCUT2D eigenvalue weighted by Gasteiger charge is -2.18. The van der Waals surface area contributed by atoms with Crippen LogP contribution in [0.2, 0.25) is 0 Å². The van der Waals surface area contributed by atoms with Gasteiger partial charge in [0.2, 0.25) is 0 Å². The summed E-state index contributed by atoms with van der Waals surface area (Å²) < 4.78 is 65.3. The number of ether oxygens (including phenoxy) is 2. The summed E-state index contributed by atoms with van der Waals surface area (Å²) >= 11 is 0. The topological polar surface area (TPSA) is 105 Å². The van der Waals surface area contributed by atoms with Gasteiger partial charge in [-0.25, -0.2) is 18.5 Å². The van der Waals surface area contributed by atoms with Crippen LogP contribution >= 0.6 is 0 Å². The number of imidazole rings is 1. The van der Waals surface area contributed by atoms with E-state index >= 15 is 0 Å². The molecular weight excluding hydrogens is 544 g/mol. The number of nitrogens with zero attached hydrogens (tertiary/aromatic N) is 4. The average Bonchev–Trinajstić information content (AvgIpc) is 3.72. The molecule has 1 aromatic carbocycles. The van der Waals surface area contributed by atoms with Crippen LogP contribution in [-0.2, 0) is 14.9 Å². The van der Waals surface area contributed by atoms with E-state index in [4.69, 9.17) is 9.47 Å². The first-order valence-corrected chi connectivity index (χ1v) is 14.7. The van der Waals surface area contributed by atoms with Crippen LogP contribution in [-0.4, -0.2) is 80.2 Å². The Bertz CT molecular complexity index is 1350. The number of pyridine rings is 1. The lowest BCUT2D eigenvalue weighted by Crippen LogP contribution is -2.41. The van der Waals surface area contributed by atoms with Crippen LogP contribution in [0.4, 0.5) is 14.5 Å². The Hall–Kier alpha value is -3.29. The number of amides is 1. The van der Waals surface area contributed by atoms with Gasteiger partial charge in [0.15, 0.2) is 0 Å². The normalized spacial score (nSPS) is 18.6. The Morgan fingerprint density at radius 3 is 2.52 bits per heavy atom. The van der Waals surface area contributed by atoms with Gasteiger partial charge in [0.1, 0.15) is 35.2 Å². The predicted molar refractivity (Wildman–Crippen MR) is 149 cm³/mol. The summed E-state index contributed by atoms with van der Waals surface area (Å²) in [6, 6.07) is 9.57. The minimum atomic E-state index is -3.90. The maximum Gasteiger partial charge on any atom is 0.303 e. The number of benzene rings is 1. The molecule has 40 heavy (non-hydrogen) atoms. The third kappa shape index (κ3) is 8.12. The smallest absolute Gasteiger partial charge is 0.303 e. The number of halogens is 2. The molecule has 0 radical (unpaired) electrons. The molecular formula is C27H37F2N5O5S. The summed E-state index contributed by atoms with van der Waals surface area (Å²) in [5.41, 5.74) is 1.36. The Labute approximate surface area is 234 Å². The van der Waals surface area contributed by atoms with Crippen LogP contribution in [0.3, 0.4) is 0 Å². The fourth-order valence-electron chi connectivity index (χ4n) is 4.01. The van der Waals surface area contributed by atoms with Gasteiger partial charge in [0.05, 0.1) is 25.1 Å². The molecule has 10 nitrogen and oxygen atoms in total. The van der Waals surface area contributed by atoms with Crippen molar-refractivity contribution >= 4 is 27.5 Å². The van der Waals surface area contributed by atoms with Gasteiger partial charge >= 0.3 is 10.2 Å². The number of hydrogen-bond acceptors (Lipinski definition) is 7. The summed E-state index contributed by atoms with van der Waals surface area (Å²) in [4.78, 5) is 18.4. The predicted octanol–water partition coefficient (Wildman–Crippen LogP) is 3.83. The molecule has 2 fully saturated rings. The molecule has 0 bridgehead atoms. The van der Waals surface area contributed by atoms with Crippen molar-refractivity contribution in [2.75, 3.05) is 44.8 Å². The molecule has 2 aliphatic heterocycles. The largest absolute Gasteiger partial charge is 0.488 e. The lowest BCUT2D eigenvalue weighted by atomic mass is 10.3. The van der Waals surface area contributed by atoms with Crippen molar-refractivity contribution in [2.24, 2.45) is 0 Å². The van der Waals surface area contributed by atoms with Gasteiger partial charge in [-0.1, -0.05) is 20.8 Å². The van der Waals surface area contributed by atoms with E-state index in [1.54, 1.807) is 31.3 Å². The SMILES string of the molecule is CC.CCN(C)S(=O)(=O)NC(=O)c1cnc2ccc(N3CCC(F)C3)cn12.Fc1ccc(OC2CCOC2)cc1. The van der Waals surface area contributed by atoms with Gasteiger partial charge in [-0.2, -0.15) is 12.7 Å². The zero-order valence-corrected chi connectivity index (χ0v) is 24.0. The van der Waals surface area contributed by atoms with Crippen LogP contribution in [0.25, 0.3) is 5.65 Å². The number of carbonyl (C=O) groups excluding carboxylic acids is 1. The number of hydrogen-bond donors (Lipinski definition) is 1. The molecule has 5 rings (SSSR count). The molecule has 2 aliphatic rings. The van der Waals surface area contributed by atoms with E-state index in [0.29, 0.717) is 37.5 Å². The number of carbonyl (C=O) groups is 1. The second-order valence-corrected chi connectivity index (χ2v) is 10.8. The van der Waals surface area contributed by atoms with Crippen LogP contribution in [0.1, 0.15) is 44.1 Å². The quantitative estimate of drug-likeness (QED) is 0.452. The average molecular weight is 582 g/mol. The molecule has 0 spiro atoms. The van der Waals surface area contributed by atoms with Gasteiger partial charge in [-0.3, -0.25) is 9.20 Å². The van der Waals surface area contributed by atoms with Gasteiger partial charge in [-0.05, 0) is 42.8 Å². The highest BCUT2D eigenvalue weighted by molar-refractivity contribution is 7.87. The van der Waals surface area contributed by atoms with Crippen molar-refractivity contribution in [1.29, 1.82) is 0 Å². The highest BCUT2D eigenvalue weighted by atomic mass is 32.2. The molecule has 2 saturated heterocycles. The molecule has 1 N–H and O–H groups in total. The van der Waals surface area contributed by atoms with Crippen molar-refractivity contribution in [1.82, 2.24) is 18.4 Å². The summed E-state index contributed by atoms with van der Waals surface area (Å²) in [6.45, 7) is 8.19. The summed E-state index contributed by atoms with van der Waals surface area (Å²) in [5.74, 6) is -0.304. The first kappa shape index (κ1) is 31.2. The molecule has 220 valence electrons. The highest BCUT2D eigenvalue weighted by Gasteiger charge is 2.25. The molecule has 2 aromatic heterocycles. The minimum absolute atomic E-state index is 0.0981. The van der Waals surface area contributed by atoms with E-state index in [9.17, 15) is 22.0 Å². The maximum absolute atomic E-state index is 13.4. The minimum Gasteiger partial charge on any atom is -0.488 e. The Morgan fingerprint density at radius 2 is 1.93 bits per heavy atom. The molecule has 0 saturated carbocycles. The fourth-order valence-corrected chi connectivity index (χ4v) is 4.84. The second kappa shape index (κ2) is 14.4. The zero-order chi connectivity index (χ0) is 29.3. The second-order valence-electron chi connectivity index (χ2n) is 9.00. The first-order valence-electron chi connectivity index (χ1n) is 13.3. The zero-order valence-electron chi connectivity index (χ0n) is 23.2. The molecule has 13 heteroatoms. The van der Waals surface area contributed by atoms with Crippen LogP contribution < -0.4 is 14.4 Å². The molecule has 3 aromatic rings. The molecule has 2 unspecified atom stereocenters. The summed E-state index contributed by atoms with van der Waals surface area (Å²) in [6.07, 6.45) is 3.64. The van der Waals surface area contributed by atoms with Gasteiger partial charge in [0, 0.05) is 39.3 Å². The Morgan fingerprint density at radius 1 is 1.20 bits per heavy atom. The van der Waals surface area contributed by atoms with E-state index in [-0.39, 0.29) is 24.2 Å². The summed E-state index contributed by atoms with van der Waals surface area (Å²) in [5, 5.41) is 0. The van der Waals surface area contributed by atoms with Crippen molar-refractivity contribution in [2.45, 2.75) is 45.9 Å². The monoisotopic (exact) mass is 581 g/mol.